The first-order chi connectivity index (χ1) is 9.60. The van der Waals surface area contributed by atoms with Crippen molar-refractivity contribution in [3.8, 4) is 6.01 Å². The van der Waals surface area contributed by atoms with E-state index >= 15 is 0 Å². The van der Waals surface area contributed by atoms with Crippen molar-refractivity contribution in [1.29, 1.82) is 0 Å². The topological polar surface area (TPSA) is 92.3 Å². The zero-order valence-electron chi connectivity index (χ0n) is 12.4. The third kappa shape index (κ3) is 4.87. The first kappa shape index (κ1) is 15.9. The highest BCUT2D eigenvalue weighted by Gasteiger charge is 2.13. The fourth-order valence-corrected chi connectivity index (χ4v) is 1.46. The van der Waals surface area contributed by atoms with E-state index in [1.807, 2.05) is 13.8 Å². The van der Waals surface area contributed by atoms with Crippen LogP contribution in [-0.4, -0.2) is 54.7 Å². The number of likely N-dealkylation sites (N-methyl/N-ethyl adjacent to an activating group) is 2. The molecule has 1 rings (SSSR count). The number of anilines is 2. The van der Waals surface area contributed by atoms with Gasteiger partial charge in [0.15, 0.2) is 0 Å². The van der Waals surface area contributed by atoms with Crippen LogP contribution in [0.25, 0.3) is 0 Å². The first-order valence-electron chi connectivity index (χ1n) is 6.62. The Bertz CT molecular complexity index is 440. The van der Waals surface area contributed by atoms with Crippen LogP contribution in [0.1, 0.15) is 20.3 Å². The standard InChI is InChI=1S/C12H22N6O2/c1-5-7-14-10-15-11(17-12(16-10)20-4)18(3)8-9(19)13-6-2/h5-8H2,1-4H3,(H,13,19)(H,14,15,16,17). The summed E-state index contributed by atoms with van der Waals surface area (Å²) in [6, 6.07) is 0.219. The van der Waals surface area contributed by atoms with Crippen LogP contribution in [0.2, 0.25) is 0 Å². The summed E-state index contributed by atoms with van der Waals surface area (Å²) >= 11 is 0. The van der Waals surface area contributed by atoms with Crippen molar-refractivity contribution in [3.05, 3.63) is 0 Å². The molecule has 2 N–H and O–H groups in total. The molecule has 0 aliphatic rings. The lowest BCUT2D eigenvalue weighted by molar-refractivity contribution is -0.119. The zero-order valence-corrected chi connectivity index (χ0v) is 12.4. The molecule has 1 heterocycles. The Morgan fingerprint density at radius 1 is 1.30 bits per heavy atom. The lowest BCUT2D eigenvalue weighted by Crippen LogP contribution is -2.35. The summed E-state index contributed by atoms with van der Waals surface area (Å²) in [7, 11) is 3.24. The predicted molar refractivity (Wildman–Crippen MR) is 77.1 cm³/mol. The molecule has 0 aromatic carbocycles. The van der Waals surface area contributed by atoms with Crippen LogP contribution in [-0.2, 0) is 4.79 Å². The quantitative estimate of drug-likeness (QED) is 0.707. The Morgan fingerprint density at radius 3 is 2.65 bits per heavy atom. The maximum absolute atomic E-state index is 11.6. The van der Waals surface area contributed by atoms with Crippen LogP contribution in [0.4, 0.5) is 11.9 Å². The number of ether oxygens (including phenoxy) is 1. The molecule has 1 aromatic heterocycles. The molecule has 1 amide bonds. The van der Waals surface area contributed by atoms with Crippen molar-refractivity contribution < 1.29 is 9.53 Å². The summed E-state index contributed by atoms with van der Waals surface area (Å²) < 4.78 is 5.05. The molecule has 0 unspecified atom stereocenters. The van der Waals surface area contributed by atoms with Crippen LogP contribution < -0.4 is 20.3 Å². The average Bonchev–Trinajstić information content (AvgIpc) is 2.44. The molecule has 20 heavy (non-hydrogen) atoms. The predicted octanol–water partition coefficient (Wildman–Crippen LogP) is 0.274. The number of rotatable bonds is 8. The van der Waals surface area contributed by atoms with Gasteiger partial charge in [0.2, 0.25) is 17.8 Å². The number of amides is 1. The Balaban J connectivity index is 2.83. The normalized spacial score (nSPS) is 10.0. The highest BCUT2D eigenvalue weighted by Crippen LogP contribution is 2.13. The van der Waals surface area contributed by atoms with Crippen molar-refractivity contribution in [2.75, 3.05) is 44.0 Å². The molecule has 1 aromatic rings. The van der Waals surface area contributed by atoms with Crippen molar-refractivity contribution in [3.63, 3.8) is 0 Å². The van der Waals surface area contributed by atoms with E-state index in [1.54, 1.807) is 11.9 Å². The van der Waals surface area contributed by atoms with E-state index in [0.29, 0.717) is 18.4 Å². The van der Waals surface area contributed by atoms with Crippen molar-refractivity contribution in [2.24, 2.45) is 0 Å². The third-order valence-corrected chi connectivity index (χ3v) is 2.41. The zero-order chi connectivity index (χ0) is 15.0. The number of nitrogens with zero attached hydrogens (tertiary/aromatic N) is 4. The molecule has 0 saturated carbocycles. The van der Waals surface area contributed by atoms with Gasteiger partial charge in [-0.1, -0.05) is 6.92 Å². The maximum atomic E-state index is 11.6. The van der Waals surface area contributed by atoms with Crippen LogP contribution in [0.5, 0.6) is 6.01 Å². The molecular formula is C12H22N6O2. The number of nitrogens with one attached hydrogen (secondary N) is 2. The van der Waals surface area contributed by atoms with Gasteiger partial charge in [-0.2, -0.15) is 15.0 Å². The fourth-order valence-electron chi connectivity index (χ4n) is 1.46. The summed E-state index contributed by atoms with van der Waals surface area (Å²) in [5.74, 6) is 0.746. The second kappa shape index (κ2) is 8.13. The molecule has 0 atom stereocenters. The molecule has 0 saturated heterocycles. The van der Waals surface area contributed by atoms with Gasteiger partial charge in [-0.05, 0) is 13.3 Å². The molecule has 0 aliphatic heterocycles. The fraction of sp³-hybridized carbons (Fsp3) is 0.667. The minimum atomic E-state index is -0.0857. The van der Waals surface area contributed by atoms with Crippen LogP contribution >= 0.6 is 0 Å². The number of hydrogen-bond acceptors (Lipinski definition) is 7. The average molecular weight is 282 g/mol. The van der Waals surface area contributed by atoms with Gasteiger partial charge in [0.1, 0.15) is 0 Å². The van der Waals surface area contributed by atoms with Gasteiger partial charge in [0, 0.05) is 20.1 Å². The first-order valence-corrected chi connectivity index (χ1v) is 6.62. The smallest absolute Gasteiger partial charge is 0.322 e. The summed E-state index contributed by atoms with van der Waals surface area (Å²) in [5.41, 5.74) is 0. The molecule has 0 fully saturated rings. The largest absolute Gasteiger partial charge is 0.467 e. The number of aromatic nitrogens is 3. The maximum Gasteiger partial charge on any atom is 0.322 e. The Morgan fingerprint density at radius 2 is 2.05 bits per heavy atom. The van der Waals surface area contributed by atoms with E-state index in [2.05, 4.69) is 25.6 Å². The molecule has 0 aliphatic carbocycles. The van der Waals surface area contributed by atoms with Gasteiger partial charge in [0.25, 0.3) is 0 Å². The molecule has 0 radical (unpaired) electrons. The van der Waals surface area contributed by atoms with E-state index in [0.717, 1.165) is 13.0 Å². The number of methoxy groups -OCH3 is 1. The van der Waals surface area contributed by atoms with E-state index in [4.69, 9.17) is 4.74 Å². The molecule has 0 bridgehead atoms. The number of carbonyl (C=O) groups excluding carboxylic acids is 1. The van der Waals surface area contributed by atoms with Gasteiger partial charge >= 0.3 is 6.01 Å². The monoisotopic (exact) mass is 282 g/mol. The Labute approximate surface area is 119 Å². The second-order valence-electron chi connectivity index (χ2n) is 4.18. The summed E-state index contributed by atoms with van der Waals surface area (Å²) in [6.45, 7) is 5.45. The van der Waals surface area contributed by atoms with Crippen LogP contribution in [0.3, 0.4) is 0 Å². The van der Waals surface area contributed by atoms with Crippen molar-refractivity contribution in [1.82, 2.24) is 20.3 Å². The minimum Gasteiger partial charge on any atom is -0.467 e. The highest BCUT2D eigenvalue weighted by molar-refractivity contribution is 5.80. The SMILES string of the molecule is CCCNc1nc(OC)nc(N(C)CC(=O)NCC)n1. The lowest BCUT2D eigenvalue weighted by Gasteiger charge is -2.17. The van der Waals surface area contributed by atoms with Crippen molar-refractivity contribution >= 4 is 17.8 Å². The van der Waals surface area contributed by atoms with Gasteiger partial charge in [-0.15, -0.1) is 0 Å². The van der Waals surface area contributed by atoms with E-state index in [9.17, 15) is 4.79 Å². The van der Waals surface area contributed by atoms with E-state index in [1.165, 1.54) is 7.11 Å². The number of carbonyl (C=O) groups is 1. The van der Waals surface area contributed by atoms with Gasteiger partial charge in [0.05, 0.1) is 13.7 Å². The second-order valence-corrected chi connectivity index (χ2v) is 4.18. The van der Waals surface area contributed by atoms with Crippen LogP contribution in [0.15, 0.2) is 0 Å². The summed E-state index contributed by atoms with van der Waals surface area (Å²) in [6.07, 6.45) is 0.956. The Hall–Kier alpha value is -2.12. The molecule has 112 valence electrons. The Kier molecular flexibility index (Phi) is 6.48. The van der Waals surface area contributed by atoms with Gasteiger partial charge in [-0.25, -0.2) is 0 Å². The highest BCUT2D eigenvalue weighted by atomic mass is 16.5. The number of hydrogen-bond donors (Lipinski definition) is 2. The molecular weight excluding hydrogens is 260 g/mol. The minimum absolute atomic E-state index is 0.0857. The summed E-state index contributed by atoms with van der Waals surface area (Å²) in [4.78, 5) is 25.7. The third-order valence-electron chi connectivity index (χ3n) is 2.41. The van der Waals surface area contributed by atoms with E-state index < -0.39 is 0 Å². The molecule has 0 spiro atoms. The van der Waals surface area contributed by atoms with Crippen LogP contribution in [0, 0.1) is 0 Å². The molecule has 8 heteroatoms. The lowest BCUT2D eigenvalue weighted by atomic mass is 10.5. The summed E-state index contributed by atoms with van der Waals surface area (Å²) in [5, 5.41) is 5.80. The van der Waals surface area contributed by atoms with Gasteiger partial charge in [-0.3, -0.25) is 4.79 Å². The van der Waals surface area contributed by atoms with Crippen molar-refractivity contribution in [2.45, 2.75) is 20.3 Å². The van der Waals surface area contributed by atoms with E-state index in [-0.39, 0.29) is 18.5 Å². The van der Waals surface area contributed by atoms with Gasteiger partial charge < -0.3 is 20.3 Å². The molecule has 8 nitrogen and oxygen atoms in total.